The second-order valence-corrected chi connectivity index (χ2v) is 3.79. The van der Waals surface area contributed by atoms with E-state index in [0.717, 1.165) is 4.88 Å². The Balaban J connectivity index is 2.87. The molecule has 0 amide bonds. The zero-order valence-corrected chi connectivity index (χ0v) is 7.52. The molecular weight excluding hydrogens is 198 g/mol. The van der Waals surface area contributed by atoms with E-state index >= 15 is 0 Å². The first kappa shape index (κ1) is 9.09. The quantitative estimate of drug-likeness (QED) is 0.721. The Kier molecular flexibility index (Phi) is 2.73. The molecule has 0 saturated heterocycles. The third-order valence-electron chi connectivity index (χ3n) is 1.14. The number of halogens is 1. The molecule has 0 aliphatic rings. The lowest BCUT2D eigenvalue weighted by molar-refractivity contribution is -0.132. The first-order chi connectivity index (χ1) is 5.59. The molecule has 0 radical (unpaired) electrons. The molecular formula is C7H6ClNO2S. The monoisotopic (exact) mass is 203 g/mol. The van der Waals surface area contributed by atoms with Crippen LogP contribution in [-0.4, -0.2) is 11.1 Å². The fourth-order valence-electron chi connectivity index (χ4n) is 0.621. The first-order valence-corrected chi connectivity index (χ1v) is 4.25. The summed E-state index contributed by atoms with van der Waals surface area (Å²) in [6.45, 7) is 0. The highest BCUT2D eigenvalue weighted by atomic mass is 35.5. The van der Waals surface area contributed by atoms with Crippen molar-refractivity contribution in [2.45, 2.75) is 0 Å². The van der Waals surface area contributed by atoms with Crippen molar-refractivity contribution in [3.05, 3.63) is 27.0 Å². The van der Waals surface area contributed by atoms with Gasteiger partial charge in [-0.15, -0.1) is 11.3 Å². The number of carbonyl (C=O) groups is 1. The molecule has 1 aromatic heterocycles. The van der Waals surface area contributed by atoms with E-state index in [-0.39, 0.29) is 5.70 Å². The van der Waals surface area contributed by atoms with Gasteiger partial charge in [-0.1, -0.05) is 11.6 Å². The van der Waals surface area contributed by atoms with E-state index in [2.05, 4.69) is 0 Å². The molecule has 3 nitrogen and oxygen atoms in total. The second-order valence-electron chi connectivity index (χ2n) is 2.05. The third kappa shape index (κ3) is 2.25. The Morgan fingerprint density at radius 3 is 2.75 bits per heavy atom. The average Bonchev–Trinajstić information content (AvgIpc) is 2.35. The number of aliphatic carboxylic acids is 1. The minimum absolute atomic E-state index is 0.187. The minimum atomic E-state index is -1.13. The molecule has 12 heavy (non-hydrogen) atoms. The zero-order valence-electron chi connectivity index (χ0n) is 5.95. The van der Waals surface area contributed by atoms with Crippen molar-refractivity contribution in [1.29, 1.82) is 0 Å². The van der Waals surface area contributed by atoms with E-state index in [9.17, 15) is 4.79 Å². The molecule has 0 atom stereocenters. The maximum Gasteiger partial charge on any atom is 0.351 e. The topological polar surface area (TPSA) is 63.3 Å². The molecule has 0 saturated carbocycles. The Hall–Kier alpha value is -1.00. The van der Waals surface area contributed by atoms with Gasteiger partial charge in [0.25, 0.3) is 0 Å². The Bertz CT molecular complexity index is 332. The van der Waals surface area contributed by atoms with Gasteiger partial charge in [0.2, 0.25) is 0 Å². The summed E-state index contributed by atoms with van der Waals surface area (Å²) in [7, 11) is 0. The lowest BCUT2D eigenvalue weighted by Crippen LogP contribution is -2.08. The highest BCUT2D eigenvalue weighted by Crippen LogP contribution is 2.22. The van der Waals surface area contributed by atoms with Crippen LogP contribution in [0.5, 0.6) is 0 Å². The van der Waals surface area contributed by atoms with Crippen molar-refractivity contribution in [3.63, 3.8) is 0 Å². The number of carboxylic acids is 1. The van der Waals surface area contributed by atoms with Gasteiger partial charge in [-0.05, 0) is 18.2 Å². The van der Waals surface area contributed by atoms with Gasteiger partial charge in [-0.3, -0.25) is 0 Å². The summed E-state index contributed by atoms with van der Waals surface area (Å²) in [6, 6.07) is 3.40. The van der Waals surface area contributed by atoms with Gasteiger partial charge in [0.15, 0.2) is 0 Å². The lowest BCUT2D eigenvalue weighted by atomic mass is 10.3. The van der Waals surface area contributed by atoms with Crippen LogP contribution in [0.15, 0.2) is 17.8 Å². The molecule has 0 aliphatic heterocycles. The van der Waals surface area contributed by atoms with Crippen LogP contribution in [0.3, 0.4) is 0 Å². The highest BCUT2D eigenvalue weighted by Gasteiger charge is 2.01. The second kappa shape index (κ2) is 3.60. The van der Waals surface area contributed by atoms with Gasteiger partial charge in [-0.2, -0.15) is 0 Å². The van der Waals surface area contributed by atoms with Crippen molar-refractivity contribution < 1.29 is 9.90 Å². The molecule has 1 rings (SSSR count). The van der Waals surface area contributed by atoms with Crippen LogP contribution in [0.2, 0.25) is 4.34 Å². The Labute approximate surface area is 78.1 Å². The SMILES string of the molecule is N/C(=C/c1ccc(Cl)s1)C(=O)O. The standard InChI is InChI=1S/C7H6ClNO2S/c8-6-2-1-4(12-6)3-5(9)7(10)11/h1-3H,9H2,(H,10,11)/b5-3+. The summed E-state index contributed by atoms with van der Waals surface area (Å²) in [5.74, 6) is -1.13. The molecule has 64 valence electrons. The summed E-state index contributed by atoms with van der Waals surface area (Å²) >= 11 is 6.90. The van der Waals surface area contributed by atoms with Crippen LogP contribution >= 0.6 is 22.9 Å². The van der Waals surface area contributed by atoms with E-state index in [1.54, 1.807) is 12.1 Å². The zero-order chi connectivity index (χ0) is 9.14. The average molecular weight is 204 g/mol. The van der Waals surface area contributed by atoms with Crippen LogP contribution in [0.1, 0.15) is 4.88 Å². The van der Waals surface area contributed by atoms with Crippen molar-refractivity contribution in [2.75, 3.05) is 0 Å². The maximum absolute atomic E-state index is 10.3. The predicted molar refractivity (Wildman–Crippen MR) is 49.1 cm³/mol. The highest BCUT2D eigenvalue weighted by molar-refractivity contribution is 7.17. The molecule has 0 unspecified atom stereocenters. The molecule has 0 spiro atoms. The van der Waals surface area contributed by atoms with Crippen molar-refractivity contribution >= 4 is 35.0 Å². The molecule has 0 fully saturated rings. The largest absolute Gasteiger partial charge is 0.477 e. The fourth-order valence-corrected chi connectivity index (χ4v) is 1.63. The Morgan fingerprint density at radius 1 is 1.67 bits per heavy atom. The lowest BCUT2D eigenvalue weighted by Gasteiger charge is -1.89. The molecule has 3 N–H and O–H groups in total. The smallest absolute Gasteiger partial charge is 0.351 e. The number of hydrogen-bond donors (Lipinski definition) is 2. The number of thiophene rings is 1. The first-order valence-electron chi connectivity index (χ1n) is 3.05. The summed E-state index contributed by atoms with van der Waals surface area (Å²) in [6.07, 6.45) is 1.37. The van der Waals surface area contributed by atoms with E-state index in [0.29, 0.717) is 4.34 Å². The Morgan fingerprint density at radius 2 is 2.33 bits per heavy atom. The number of carboxylic acid groups (broad SMARTS) is 1. The van der Waals surface area contributed by atoms with Crippen molar-refractivity contribution in [3.8, 4) is 0 Å². The van der Waals surface area contributed by atoms with Crippen LogP contribution in [0.25, 0.3) is 6.08 Å². The van der Waals surface area contributed by atoms with E-state index in [1.165, 1.54) is 17.4 Å². The van der Waals surface area contributed by atoms with Crippen molar-refractivity contribution in [2.24, 2.45) is 5.73 Å². The van der Waals surface area contributed by atoms with Gasteiger partial charge >= 0.3 is 5.97 Å². The summed E-state index contributed by atoms with van der Waals surface area (Å²) < 4.78 is 0.611. The third-order valence-corrected chi connectivity index (χ3v) is 2.32. The summed E-state index contributed by atoms with van der Waals surface area (Å²) in [5.41, 5.74) is 5.00. The molecule has 0 aliphatic carbocycles. The molecule has 1 heterocycles. The maximum atomic E-state index is 10.3. The van der Waals surface area contributed by atoms with Gasteiger partial charge in [-0.25, -0.2) is 4.79 Å². The number of nitrogens with two attached hydrogens (primary N) is 1. The molecule has 5 heteroatoms. The molecule has 1 aromatic rings. The van der Waals surface area contributed by atoms with Crippen LogP contribution in [0, 0.1) is 0 Å². The van der Waals surface area contributed by atoms with Crippen LogP contribution in [-0.2, 0) is 4.79 Å². The summed E-state index contributed by atoms with van der Waals surface area (Å²) in [4.78, 5) is 11.0. The number of hydrogen-bond acceptors (Lipinski definition) is 3. The molecule has 0 bridgehead atoms. The molecule has 0 aromatic carbocycles. The van der Waals surface area contributed by atoms with E-state index in [4.69, 9.17) is 22.4 Å². The predicted octanol–water partition coefficient (Wildman–Crippen LogP) is 1.79. The van der Waals surface area contributed by atoms with Gasteiger partial charge in [0.1, 0.15) is 5.70 Å². The summed E-state index contributed by atoms with van der Waals surface area (Å²) in [5, 5.41) is 8.43. The van der Waals surface area contributed by atoms with E-state index in [1.807, 2.05) is 0 Å². The van der Waals surface area contributed by atoms with Crippen LogP contribution in [0.4, 0.5) is 0 Å². The fraction of sp³-hybridized carbons (Fsp3) is 0. The minimum Gasteiger partial charge on any atom is -0.477 e. The van der Waals surface area contributed by atoms with Gasteiger partial charge < -0.3 is 10.8 Å². The van der Waals surface area contributed by atoms with Gasteiger partial charge in [0.05, 0.1) is 4.34 Å². The van der Waals surface area contributed by atoms with Crippen molar-refractivity contribution in [1.82, 2.24) is 0 Å². The van der Waals surface area contributed by atoms with Gasteiger partial charge in [0, 0.05) is 4.88 Å². The number of rotatable bonds is 2. The van der Waals surface area contributed by atoms with Crippen LogP contribution < -0.4 is 5.73 Å². The van der Waals surface area contributed by atoms with E-state index < -0.39 is 5.97 Å². The normalized spacial score (nSPS) is 11.6.